The fourth-order valence-corrected chi connectivity index (χ4v) is 7.39. The third kappa shape index (κ3) is 5.31. The molecule has 2 amide bonds. The van der Waals surface area contributed by atoms with Gasteiger partial charge >= 0.3 is 6.09 Å². The number of aliphatic hydroxyl groups excluding tert-OH is 3. The second kappa shape index (κ2) is 11.2. The first-order valence-electron chi connectivity index (χ1n) is 13.5. The molecule has 1 aromatic carbocycles. The zero-order chi connectivity index (χ0) is 26.8. The first-order chi connectivity index (χ1) is 17.7. The molecule has 9 heteroatoms. The molecule has 0 bridgehead atoms. The van der Waals surface area contributed by atoms with Crippen molar-refractivity contribution >= 4 is 17.7 Å². The molecule has 37 heavy (non-hydrogen) atoms. The number of nitrogens with zero attached hydrogens (tertiary/aromatic N) is 1. The van der Waals surface area contributed by atoms with E-state index >= 15 is 0 Å². The number of hydrogen-bond donors (Lipinski definition) is 4. The molecule has 4 rings (SSSR count). The van der Waals surface area contributed by atoms with Gasteiger partial charge in [-0.2, -0.15) is 0 Å². The molecule has 0 spiro atoms. The van der Waals surface area contributed by atoms with E-state index < -0.39 is 29.1 Å². The highest BCUT2D eigenvalue weighted by atomic mass is 16.6. The van der Waals surface area contributed by atoms with Crippen LogP contribution in [0.25, 0.3) is 0 Å². The number of rotatable bonds is 7. The average Bonchev–Trinajstić information content (AvgIpc) is 3.37. The number of nitrogens with one attached hydrogen (secondary N) is 1. The number of fused-ring (bicyclic) bond motifs is 1. The number of carbonyl (C=O) groups excluding carboxylic acids is 2. The number of likely N-dealkylation sites (tertiary alicyclic amines) is 1. The first-order valence-corrected chi connectivity index (χ1v) is 13.5. The number of anilines is 1. The number of aliphatic hydroxyl groups is 3. The minimum Gasteiger partial charge on any atom is -0.497 e. The quantitative estimate of drug-likeness (QED) is 0.436. The summed E-state index contributed by atoms with van der Waals surface area (Å²) in [5.41, 5.74) is -0.530. The van der Waals surface area contributed by atoms with E-state index in [9.17, 15) is 24.9 Å². The van der Waals surface area contributed by atoms with Gasteiger partial charge in [-0.3, -0.25) is 10.1 Å². The highest BCUT2D eigenvalue weighted by molar-refractivity contribution is 5.84. The molecule has 1 unspecified atom stereocenters. The van der Waals surface area contributed by atoms with Crippen molar-refractivity contribution in [1.29, 1.82) is 0 Å². The smallest absolute Gasteiger partial charge is 0.411 e. The summed E-state index contributed by atoms with van der Waals surface area (Å²) in [6.45, 7) is 4.51. The van der Waals surface area contributed by atoms with Crippen LogP contribution in [0.5, 0.6) is 5.75 Å². The van der Waals surface area contributed by atoms with Gasteiger partial charge in [-0.1, -0.05) is 13.8 Å². The molecular formula is C28H42N2O7. The van der Waals surface area contributed by atoms with Crippen molar-refractivity contribution in [3.05, 3.63) is 24.3 Å². The summed E-state index contributed by atoms with van der Waals surface area (Å²) in [5.74, 6) is 0.359. The summed E-state index contributed by atoms with van der Waals surface area (Å²) in [5, 5.41) is 34.1. The van der Waals surface area contributed by atoms with Crippen LogP contribution in [0.3, 0.4) is 0 Å². The van der Waals surface area contributed by atoms with Crippen molar-refractivity contribution in [1.82, 2.24) is 4.90 Å². The molecule has 2 saturated carbocycles. The lowest BCUT2D eigenvalue weighted by molar-refractivity contribution is -0.186. The SMILES string of the molecule is COc1ccc(NC(=O)O[C@@H]2CC[C@]3(C)C(CC[C@@H](O)[C@H]3CC(=O)N3CCC[C@H]3CO)[C@]2(C)CO)cc1. The molecule has 206 valence electrons. The van der Waals surface area contributed by atoms with Gasteiger partial charge in [0.25, 0.3) is 0 Å². The van der Waals surface area contributed by atoms with Gasteiger partial charge in [0.1, 0.15) is 11.9 Å². The Hall–Kier alpha value is -2.36. The van der Waals surface area contributed by atoms with Gasteiger partial charge in [0.15, 0.2) is 0 Å². The molecule has 0 aromatic heterocycles. The monoisotopic (exact) mass is 518 g/mol. The van der Waals surface area contributed by atoms with Crippen LogP contribution in [0, 0.1) is 22.7 Å². The third-order valence-electron chi connectivity index (χ3n) is 9.56. The van der Waals surface area contributed by atoms with E-state index in [0.717, 1.165) is 12.8 Å². The van der Waals surface area contributed by atoms with Crippen LogP contribution in [0.4, 0.5) is 10.5 Å². The molecule has 0 radical (unpaired) electrons. The molecule has 3 fully saturated rings. The molecule has 7 atom stereocenters. The Morgan fingerprint density at radius 3 is 2.49 bits per heavy atom. The molecule has 1 aromatic rings. The fraction of sp³-hybridized carbons (Fsp3) is 0.714. The van der Waals surface area contributed by atoms with E-state index in [4.69, 9.17) is 9.47 Å². The molecule has 1 saturated heterocycles. The van der Waals surface area contributed by atoms with Crippen molar-refractivity contribution in [3.8, 4) is 5.75 Å². The van der Waals surface area contributed by atoms with Crippen molar-refractivity contribution in [2.24, 2.45) is 22.7 Å². The Balaban J connectivity index is 1.48. The van der Waals surface area contributed by atoms with E-state index in [2.05, 4.69) is 12.2 Å². The number of carbonyl (C=O) groups is 2. The van der Waals surface area contributed by atoms with Crippen molar-refractivity contribution in [3.63, 3.8) is 0 Å². The number of hydrogen-bond acceptors (Lipinski definition) is 7. The highest BCUT2D eigenvalue weighted by Crippen LogP contribution is 2.61. The Morgan fingerprint density at radius 2 is 1.84 bits per heavy atom. The van der Waals surface area contributed by atoms with Crippen LogP contribution in [-0.4, -0.2) is 77.3 Å². The molecule has 2 aliphatic carbocycles. The van der Waals surface area contributed by atoms with Crippen LogP contribution in [-0.2, 0) is 9.53 Å². The topological polar surface area (TPSA) is 129 Å². The second-order valence-corrected chi connectivity index (χ2v) is 11.5. The lowest BCUT2D eigenvalue weighted by atomic mass is 9.46. The fourth-order valence-electron chi connectivity index (χ4n) is 7.39. The molecule has 4 N–H and O–H groups in total. The van der Waals surface area contributed by atoms with Gasteiger partial charge < -0.3 is 29.7 Å². The lowest BCUT2D eigenvalue weighted by Crippen LogP contribution is -2.61. The van der Waals surface area contributed by atoms with Gasteiger partial charge in [-0.15, -0.1) is 0 Å². The lowest BCUT2D eigenvalue weighted by Gasteiger charge is -2.60. The maximum atomic E-state index is 13.3. The second-order valence-electron chi connectivity index (χ2n) is 11.5. The molecule has 3 aliphatic rings. The summed E-state index contributed by atoms with van der Waals surface area (Å²) in [4.78, 5) is 27.8. The van der Waals surface area contributed by atoms with Gasteiger partial charge in [0.05, 0.1) is 32.5 Å². The number of amides is 2. The Labute approximate surface area is 219 Å². The minimum atomic E-state index is -0.715. The van der Waals surface area contributed by atoms with Crippen molar-refractivity contribution < 1.29 is 34.4 Å². The average molecular weight is 519 g/mol. The summed E-state index contributed by atoms with van der Waals surface area (Å²) in [6.07, 6.45) is 2.62. The molecule has 1 heterocycles. The summed E-state index contributed by atoms with van der Waals surface area (Å²) in [6, 6.07) is 6.82. The van der Waals surface area contributed by atoms with Crippen molar-refractivity contribution in [2.75, 3.05) is 32.2 Å². The molecule has 1 aliphatic heterocycles. The van der Waals surface area contributed by atoms with E-state index in [1.165, 1.54) is 0 Å². The standard InChI is InChI=1S/C28H42N2O7/c1-27-13-12-24(37-26(35)29-18-6-8-20(36-3)9-7-18)28(2,17-32)23(27)11-10-22(33)21(27)15-25(34)30-14-4-5-19(30)16-31/h6-9,19,21-24,31-33H,4-5,10-17H2,1-3H3,(H,29,35)/t19-,21+,22+,23?,24+,27-,28-/m0/s1. The zero-order valence-electron chi connectivity index (χ0n) is 22.2. The summed E-state index contributed by atoms with van der Waals surface area (Å²) >= 11 is 0. The maximum absolute atomic E-state index is 13.3. The zero-order valence-corrected chi connectivity index (χ0v) is 22.2. The normalized spacial score (nSPS) is 35.5. The van der Waals surface area contributed by atoms with Crippen molar-refractivity contribution in [2.45, 2.75) is 77.0 Å². The van der Waals surface area contributed by atoms with Gasteiger partial charge in [-0.05, 0) is 80.0 Å². The molecule has 9 nitrogen and oxygen atoms in total. The van der Waals surface area contributed by atoms with Crippen LogP contribution in [0.2, 0.25) is 0 Å². The number of ether oxygens (including phenoxy) is 2. The Kier molecular flexibility index (Phi) is 8.35. The van der Waals surface area contributed by atoms with E-state index in [0.29, 0.717) is 43.7 Å². The maximum Gasteiger partial charge on any atom is 0.411 e. The summed E-state index contributed by atoms with van der Waals surface area (Å²) < 4.78 is 11.1. The Morgan fingerprint density at radius 1 is 1.11 bits per heavy atom. The van der Waals surface area contributed by atoms with Gasteiger partial charge in [-0.25, -0.2) is 4.79 Å². The predicted molar refractivity (Wildman–Crippen MR) is 138 cm³/mol. The largest absolute Gasteiger partial charge is 0.497 e. The minimum absolute atomic E-state index is 0.0228. The third-order valence-corrected chi connectivity index (χ3v) is 9.56. The first kappa shape index (κ1) is 27.7. The van der Waals surface area contributed by atoms with Gasteiger partial charge in [0, 0.05) is 24.1 Å². The molecular weight excluding hydrogens is 476 g/mol. The van der Waals surface area contributed by atoms with E-state index in [1.54, 1.807) is 36.3 Å². The van der Waals surface area contributed by atoms with E-state index in [1.807, 2.05) is 6.92 Å². The van der Waals surface area contributed by atoms with Crippen LogP contribution >= 0.6 is 0 Å². The van der Waals surface area contributed by atoms with E-state index in [-0.39, 0.29) is 43.4 Å². The number of methoxy groups -OCH3 is 1. The Bertz CT molecular complexity index is 956. The number of benzene rings is 1. The predicted octanol–water partition coefficient (Wildman–Crippen LogP) is 3.17. The van der Waals surface area contributed by atoms with Crippen LogP contribution in [0.1, 0.15) is 58.8 Å². The summed E-state index contributed by atoms with van der Waals surface area (Å²) in [7, 11) is 1.58. The highest BCUT2D eigenvalue weighted by Gasteiger charge is 2.60. The van der Waals surface area contributed by atoms with Crippen LogP contribution in [0.15, 0.2) is 24.3 Å². The van der Waals surface area contributed by atoms with Crippen LogP contribution < -0.4 is 10.1 Å². The van der Waals surface area contributed by atoms with Gasteiger partial charge in [0.2, 0.25) is 5.91 Å².